The van der Waals surface area contributed by atoms with E-state index in [1.165, 1.54) is 33.4 Å². The molecule has 10 nitrogen and oxygen atoms in total. The van der Waals surface area contributed by atoms with E-state index in [1.807, 2.05) is 24.3 Å². The van der Waals surface area contributed by atoms with Gasteiger partial charge in [0.2, 0.25) is 11.8 Å². The van der Waals surface area contributed by atoms with Gasteiger partial charge in [-0.05, 0) is 114 Å². The summed E-state index contributed by atoms with van der Waals surface area (Å²) in [6.45, 7) is 6.08. The molecule has 1 aliphatic carbocycles. The van der Waals surface area contributed by atoms with Crippen molar-refractivity contribution < 1.29 is 29.0 Å². The molecule has 5 atom stereocenters. The highest BCUT2D eigenvalue weighted by Crippen LogP contribution is 2.48. The second-order valence-corrected chi connectivity index (χ2v) is 17.6. The van der Waals surface area contributed by atoms with Gasteiger partial charge in [-0.3, -0.25) is 24.6 Å². The second-order valence-electron chi connectivity index (χ2n) is 17.6. The first-order valence-electron chi connectivity index (χ1n) is 22.0. The van der Waals surface area contributed by atoms with Gasteiger partial charge in [-0.1, -0.05) is 66.7 Å². The lowest BCUT2D eigenvalue weighted by molar-refractivity contribution is -0.136. The largest absolute Gasteiger partial charge is 0.508 e. The van der Waals surface area contributed by atoms with Crippen molar-refractivity contribution in [3.63, 3.8) is 0 Å². The van der Waals surface area contributed by atoms with Gasteiger partial charge in [-0.2, -0.15) is 0 Å². The van der Waals surface area contributed by atoms with Crippen LogP contribution in [-0.2, 0) is 27.3 Å². The Balaban J connectivity index is 0.757. The molecule has 0 saturated carbocycles. The zero-order valence-corrected chi connectivity index (χ0v) is 34.2. The van der Waals surface area contributed by atoms with E-state index in [-0.39, 0.29) is 30.2 Å². The Labute approximate surface area is 352 Å². The molecule has 10 heteroatoms. The van der Waals surface area contributed by atoms with E-state index in [4.69, 9.17) is 9.47 Å². The quantitative estimate of drug-likeness (QED) is 0.197. The fourth-order valence-corrected chi connectivity index (χ4v) is 11.0. The summed E-state index contributed by atoms with van der Waals surface area (Å²) in [7, 11) is 0. The van der Waals surface area contributed by atoms with Crippen LogP contribution in [0, 0.1) is 5.92 Å². The van der Waals surface area contributed by atoms with E-state index in [0.29, 0.717) is 49.3 Å². The van der Waals surface area contributed by atoms with E-state index in [1.54, 1.807) is 4.90 Å². The molecule has 0 spiro atoms. The van der Waals surface area contributed by atoms with Crippen LogP contribution in [0.3, 0.4) is 0 Å². The van der Waals surface area contributed by atoms with E-state index in [9.17, 15) is 19.5 Å². The van der Waals surface area contributed by atoms with Crippen molar-refractivity contribution in [1.82, 2.24) is 15.1 Å². The van der Waals surface area contributed by atoms with Gasteiger partial charge in [-0.25, -0.2) is 0 Å². The fourth-order valence-electron chi connectivity index (χ4n) is 11.0. The number of allylic oxidation sites excluding steroid dienone is 1. The molecule has 10 rings (SSSR count). The van der Waals surface area contributed by atoms with Crippen molar-refractivity contribution >= 4 is 29.0 Å². The van der Waals surface area contributed by atoms with Gasteiger partial charge in [-0.15, -0.1) is 0 Å². The lowest BCUT2D eigenvalue weighted by atomic mass is 9.69. The summed E-state index contributed by atoms with van der Waals surface area (Å²) in [6, 6.07) is 29.6. The highest BCUT2D eigenvalue weighted by Gasteiger charge is 2.43. The Kier molecular flexibility index (Phi) is 10.7. The number of phenolic OH excluding ortho intramolecular Hbond substituents is 1. The number of carbonyl (C=O) groups is 3. The van der Waals surface area contributed by atoms with E-state index in [2.05, 4.69) is 81.9 Å². The molecule has 0 radical (unpaired) electrons. The average molecular weight is 807 g/mol. The first-order chi connectivity index (χ1) is 29.4. The molecule has 60 heavy (non-hydrogen) atoms. The lowest BCUT2D eigenvalue weighted by Gasteiger charge is -2.46. The zero-order chi connectivity index (χ0) is 40.7. The average Bonchev–Trinajstić information content (AvgIpc) is 3.61. The first-order valence-corrected chi connectivity index (χ1v) is 22.0. The van der Waals surface area contributed by atoms with Crippen molar-refractivity contribution in [2.75, 3.05) is 50.9 Å². The van der Waals surface area contributed by atoms with Crippen LogP contribution < -0.4 is 15.0 Å². The standard InChI is InChI=1S/C50H54N4O6/c55-39-15-17-41-37(26-39)14-16-40(35-8-2-1-3-9-35)47(41)36-12-10-34(11-13-36)33-7-5-4-6-32(30-59-25-22-33)27-52-23-24-53-38(28-52)31-60-48-43-29-54(45-20-21-46(56)51-49(45)57)50(58)42(43)18-19-44(48)53/h1-3,7-13,15,17-19,26,32,38,40,45,47,55H,4-6,14,16,20-25,27-31H2,(H,51,56,57)/b33-7-/t32?,38-,40-,45?,47+/m1/s1. The van der Waals surface area contributed by atoms with Crippen LogP contribution in [0.1, 0.15) is 101 Å². The van der Waals surface area contributed by atoms with Gasteiger partial charge < -0.3 is 24.4 Å². The molecule has 0 bridgehead atoms. The number of nitrogens with zero attached hydrogens (tertiary/aromatic N) is 3. The van der Waals surface area contributed by atoms with Gasteiger partial charge in [0.05, 0.1) is 31.5 Å². The molecule has 2 fully saturated rings. The van der Waals surface area contributed by atoms with Crippen LogP contribution in [0.5, 0.6) is 11.5 Å². The zero-order valence-electron chi connectivity index (χ0n) is 34.2. The Hall–Kier alpha value is -5.45. The monoisotopic (exact) mass is 806 g/mol. The number of hydrogen-bond donors (Lipinski definition) is 2. The number of benzene rings is 4. The Morgan fingerprint density at radius 1 is 0.817 bits per heavy atom. The number of hydrogen-bond acceptors (Lipinski definition) is 8. The van der Waals surface area contributed by atoms with Crippen molar-refractivity contribution in [3.05, 3.63) is 130 Å². The van der Waals surface area contributed by atoms with Crippen molar-refractivity contribution in [2.24, 2.45) is 5.92 Å². The third-order valence-electron chi connectivity index (χ3n) is 14.0. The highest BCUT2D eigenvalue weighted by atomic mass is 16.5. The molecule has 3 amide bonds. The predicted molar refractivity (Wildman–Crippen MR) is 230 cm³/mol. The SMILES string of the molecule is O=C1CCC(N2Cc3c(ccc4c3OC[C@H]3CN(CC5CCC/C=C(\c6ccc([C@@H]7c8ccc(O)cc8CC[C@@H]7c7ccccc7)cc6)CCOC5)CCN43)C2=O)C(=O)N1. The smallest absolute Gasteiger partial charge is 0.255 e. The van der Waals surface area contributed by atoms with Crippen molar-refractivity contribution in [1.29, 1.82) is 0 Å². The summed E-state index contributed by atoms with van der Waals surface area (Å²) in [5.41, 5.74) is 10.4. The van der Waals surface area contributed by atoms with Crippen molar-refractivity contribution in [3.8, 4) is 11.5 Å². The number of phenols is 1. The summed E-state index contributed by atoms with van der Waals surface area (Å²) in [5.74, 6) is 1.34. The number of anilines is 1. The number of amides is 3. The highest BCUT2D eigenvalue weighted by molar-refractivity contribution is 6.06. The maximum atomic E-state index is 13.4. The molecule has 4 aromatic rings. The first kappa shape index (κ1) is 38.7. The number of fused-ring (bicyclic) bond motifs is 6. The summed E-state index contributed by atoms with van der Waals surface area (Å²) >= 11 is 0. The summed E-state index contributed by atoms with van der Waals surface area (Å²) in [4.78, 5) is 44.4. The third kappa shape index (κ3) is 7.49. The molecule has 2 N–H and O–H groups in total. The van der Waals surface area contributed by atoms with Gasteiger partial charge >= 0.3 is 0 Å². The fraction of sp³-hybridized carbons (Fsp3) is 0.420. The number of imide groups is 1. The van der Waals surface area contributed by atoms with Crippen LogP contribution >= 0.6 is 0 Å². The van der Waals surface area contributed by atoms with Gasteiger partial charge in [0, 0.05) is 49.6 Å². The minimum Gasteiger partial charge on any atom is -0.508 e. The Morgan fingerprint density at radius 3 is 2.53 bits per heavy atom. The maximum Gasteiger partial charge on any atom is 0.255 e. The summed E-state index contributed by atoms with van der Waals surface area (Å²) in [5, 5.41) is 12.7. The van der Waals surface area contributed by atoms with Gasteiger partial charge in [0.25, 0.3) is 5.91 Å². The number of piperidine rings is 1. The molecule has 4 aromatic carbocycles. The Morgan fingerprint density at radius 2 is 1.68 bits per heavy atom. The molecule has 2 saturated heterocycles. The lowest BCUT2D eigenvalue weighted by Crippen LogP contribution is -2.58. The van der Waals surface area contributed by atoms with Crippen LogP contribution in [0.4, 0.5) is 5.69 Å². The van der Waals surface area contributed by atoms with Crippen molar-refractivity contribution in [2.45, 2.75) is 81.8 Å². The Bertz CT molecular complexity index is 2310. The number of ether oxygens (including phenoxy) is 2. The number of carbonyl (C=O) groups excluding carboxylic acids is 3. The van der Waals surface area contributed by atoms with Crippen LogP contribution in [0.25, 0.3) is 5.57 Å². The number of aryl methyl sites for hydroxylation is 1. The molecular weight excluding hydrogens is 753 g/mol. The van der Waals surface area contributed by atoms with Gasteiger partial charge in [0.1, 0.15) is 24.1 Å². The third-order valence-corrected chi connectivity index (χ3v) is 14.0. The summed E-state index contributed by atoms with van der Waals surface area (Å²) in [6.07, 6.45) is 9.23. The van der Waals surface area contributed by atoms with Crippen LogP contribution in [0.2, 0.25) is 0 Å². The number of aromatic hydroxyl groups is 1. The molecule has 5 aliphatic heterocycles. The maximum absolute atomic E-state index is 13.4. The molecular formula is C50H54N4O6. The predicted octanol–water partition coefficient (Wildman–Crippen LogP) is 7.19. The second kappa shape index (κ2) is 16.5. The normalized spacial score (nSPS) is 26.8. The minimum absolute atomic E-state index is 0.172. The van der Waals surface area contributed by atoms with Crippen LogP contribution in [-0.4, -0.2) is 90.7 Å². The molecule has 5 heterocycles. The molecule has 0 aromatic heterocycles. The van der Waals surface area contributed by atoms with E-state index in [0.717, 1.165) is 88.3 Å². The number of rotatable bonds is 6. The van der Waals surface area contributed by atoms with Crippen LogP contribution in [0.15, 0.2) is 91.0 Å². The topological polar surface area (TPSA) is 112 Å². The van der Waals surface area contributed by atoms with E-state index < -0.39 is 11.9 Å². The van der Waals surface area contributed by atoms with Gasteiger partial charge in [0.15, 0.2) is 0 Å². The van der Waals surface area contributed by atoms with E-state index >= 15 is 0 Å². The number of nitrogens with one attached hydrogen (secondary N) is 1. The molecule has 310 valence electrons. The molecule has 2 unspecified atom stereocenters. The number of piperazine rings is 1. The summed E-state index contributed by atoms with van der Waals surface area (Å²) < 4.78 is 12.9. The minimum atomic E-state index is -0.641. The molecule has 6 aliphatic rings.